The van der Waals surface area contributed by atoms with Crippen LogP contribution in [0, 0.1) is 0 Å². The van der Waals surface area contributed by atoms with Gasteiger partial charge in [0.1, 0.15) is 6.10 Å². The van der Waals surface area contributed by atoms with Crippen LogP contribution in [0.15, 0.2) is 11.4 Å². The average Bonchev–Trinajstić information content (AvgIpc) is 2.77. The molecule has 0 aromatic carbocycles. The van der Waals surface area contributed by atoms with Crippen LogP contribution in [0.1, 0.15) is 24.6 Å². The van der Waals surface area contributed by atoms with E-state index in [1.807, 2.05) is 18.4 Å². The zero-order chi connectivity index (χ0) is 10.8. The van der Waals surface area contributed by atoms with Gasteiger partial charge in [-0.25, -0.2) is 0 Å². The first-order chi connectivity index (χ1) is 7.16. The fraction of sp³-hybridized carbons (Fsp3) is 0.545. The monoisotopic (exact) mass is 244 g/mol. The average molecular weight is 245 g/mol. The Bertz CT molecular complexity index is 361. The molecule has 0 spiro atoms. The number of hydrogen-bond acceptors (Lipinski definition) is 3. The maximum atomic E-state index is 11.8. The Kier molecular flexibility index (Phi) is 3.44. The molecule has 1 aliphatic heterocycles. The molecule has 2 atom stereocenters. The smallest absolute Gasteiger partial charge is 0.166 e. The number of Topliss-reactive ketones (excluding diaryl/α,β-unsaturated/α-hetero) is 1. The van der Waals surface area contributed by atoms with Crippen molar-refractivity contribution in [3.8, 4) is 0 Å². The fourth-order valence-corrected chi connectivity index (χ4v) is 2.88. The Hall–Kier alpha value is -0.380. The van der Waals surface area contributed by atoms with Gasteiger partial charge >= 0.3 is 0 Å². The predicted molar refractivity (Wildman–Crippen MR) is 61.6 cm³/mol. The molecule has 2 unspecified atom stereocenters. The summed E-state index contributed by atoms with van der Waals surface area (Å²) in [5.41, 5.74) is 0. The Morgan fingerprint density at radius 2 is 2.47 bits per heavy atom. The summed E-state index contributed by atoms with van der Waals surface area (Å²) in [5.74, 6) is 0.156. The molecule has 0 amide bonds. The van der Waals surface area contributed by atoms with Crippen LogP contribution in [-0.4, -0.2) is 18.0 Å². The highest BCUT2D eigenvalue weighted by atomic mass is 35.5. The van der Waals surface area contributed by atoms with E-state index >= 15 is 0 Å². The predicted octanol–water partition coefficient (Wildman–Crippen LogP) is 3.08. The van der Waals surface area contributed by atoms with Gasteiger partial charge in [0.15, 0.2) is 5.78 Å². The van der Waals surface area contributed by atoms with Gasteiger partial charge in [-0.15, -0.1) is 11.3 Å². The van der Waals surface area contributed by atoms with Gasteiger partial charge in [-0.1, -0.05) is 11.6 Å². The molecule has 0 bridgehead atoms. The van der Waals surface area contributed by atoms with Crippen LogP contribution in [0.25, 0.3) is 0 Å². The summed E-state index contributed by atoms with van der Waals surface area (Å²) in [4.78, 5) is 12.8. The van der Waals surface area contributed by atoms with Crippen molar-refractivity contribution in [2.45, 2.75) is 38.4 Å². The van der Waals surface area contributed by atoms with Crippen LogP contribution in [-0.2, 0) is 16.0 Å². The highest BCUT2D eigenvalue weighted by Crippen LogP contribution is 2.26. The summed E-state index contributed by atoms with van der Waals surface area (Å²) in [6.45, 7) is 2.01. The van der Waals surface area contributed by atoms with Crippen molar-refractivity contribution in [3.63, 3.8) is 0 Å². The number of ketones is 1. The zero-order valence-corrected chi connectivity index (χ0v) is 10.1. The second-order valence-electron chi connectivity index (χ2n) is 3.85. The van der Waals surface area contributed by atoms with Crippen molar-refractivity contribution in [2.24, 2.45) is 0 Å². The fourth-order valence-electron chi connectivity index (χ4n) is 1.76. The molecular weight excluding hydrogens is 232 g/mol. The highest BCUT2D eigenvalue weighted by molar-refractivity contribution is 7.10. The van der Waals surface area contributed by atoms with Crippen molar-refractivity contribution in [1.82, 2.24) is 0 Å². The molecule has 1 saturated heterocycles. The number of carbonyl (C=O) groups excluding carboxylic acids is 1. The molecule has 0 N–H and O–H groups in total. The molecular formula is C11H13ClO2S. The highest BCUT2D eigenvalue weighted by Gasteiger charge is 2.28. The lowest BCUT2D eigenvalue weighted by Crippen LogP contribution is -2.22. The second-order valence-corrected chi connectivity index (χ2v) is 5.26. The van der Waals surface area contributed by atoms with Crippen LogP contribution in [0.3, 0.4) is 0 Å². The van der Waals surface area contributed by atoms with Gasteiger partial charge in [-0.3, -0.25) is 4.79 Å². The third-order valence-corrected chi connectivity index (χ3v) is 4.00. The SMILES string of the molecule is CC1CCC(C(=O)Cc2sccc2Cl)O1. The third-order valence-electron chi connectivity index (χ3n) is 2.62. The van der Waals surface area contributed by atoms with Crippen LogP contribution in [0.4, 0.5) is 0 Å². The standard InChI is InChI=1S/C11H13ClO2S/c1-7-2-3-10(14-7)9(13)6-11-8(12)4-5-15-11/h4-5,7,10H,2-3,6H2,1H3. The van der Waals surface area contributed by atoms with Gasteiger partial charge in [0, 0.05) is 11.3 Å². The first-order valence-corrected chi connectivity index (χ1v) is 6.32. The van der Waals surface area contributed by atoms with Crippen molar-refractivity contribution in [1.29, 1.82) is 0 Å². The lowest BCUT2D eigenvalue weighted by Gasteiger charge is -2.09. The molecule has 1 fully saturated rings. The number of rotatable bonds is 3. The van der Waals surface area contributed by atoms with E-state index in [0.717, 1.165) is 17.7 Å². The van der Waals surface area contributed by atoms with E-state index in [9.17, 15) is 4.79 Å². The molecule has 0 saturated carbocycles. The summed E-state index contributed by atoms with van der Waals surface area (Å²) < 4.78 is 5.52. The van der Waals surface area contributed by atoms with E-state index in [-0.39, 0.29) is 18.0 Å². The minimum atomic E-state index is -0.210. The number of hydrogen-bond donors (Lipinski definition) is 0. The van der Waals surface area contributed by atoms with Crippen LogP contribution in [0.5, 0.6) is 0 Å². The number of halogens is 1. The van der Waals surface area contributed by atoms with E-state index in [1.165, 1.54) is 11.3 Å². The molecule has 1 aromatic heterocycles. The van der Waals surface area contributed by atoms with E-state index in [0.29, 0.717) is 11.4 Å². The maximum Gasteiger partial charge on any atom is 0.166 e. The number of thiophene rings is 1. The number of ether oxygens (including phenoxy) is 1. The summed E-state index contributed by atoms with van der Waals surface area (Å²) in [6.07, 6.45) is 2.25. The largest absolute Gasteiger partial charge is 0.367 e. The van der Waals surface area contributed by atoms with Gasteiger partial charge in [0.2, 0.25) is 0 Å². The van der Waals surface area contributed by atoms with Gasteiger partial charge in [-0.05, 0) is 31.2 Å². The molecule has 2 heterocycles. The summed E-state index contributed by atoms with van der Waals surface area (Å²) in [5, 5.41) is 2.60. The molecule has 0 aliphatic carbocycles. The van der Waals surface area contributed by atoms with Crippen molar-refractivity contribution in [3.05, 3.63) is 21.3 Å². The first-order valence-electron chi connectivity index (χ1n) is 5.07. The Labute approximate surface area is 98.2 Å². The topological polar surface area (TPSA) is 26.3 Å². The quantitative estimate of drug-likeness (QED) is 0.817. The van der Waals surface area contributed by atoms with Gasteiger partial charge < -0.3 is 4.74 Å². The molecule has 4 heteroatoms. The summed E-state index contributed by atoms with van der Waals surface area (Å²) in [6, 6.07) is 1.83. The molecule has 2 rings (SSSR count). The van der Waals surface area contributed by atoms with E-state index in [4.69, 9.17) is 16.3 Å². The third kappa shape index (κ3) is 2.60. The summed E-state index contributed by atoms with van der Waals surface area (Å²) in [7, 11) is 0. The Morgan fingerprint density at radius 3 is 3.00 bits per heavy atom. The van der Waals surface area contributed by atoms with Crippen molar-refractivity contribution < 1.29 is 9.53 Å². The zero-order valence-electron chi connectivity index (χ0n) is 8.53. The molecule has 2 nitrogen and oxygen atoms in total. The van der Waals surface area contributed by atoms with Crippen LogP contribution >= 0.6 is 22.9 Å². The van der Waals surface area contributed by atoms with Gasteiger partial charge in [0.25, 0.3) is 0 Å². The van der Waals surface area contributed by atoms with E-state index in [2.05, 4.69) is 0 Å². The lowest BCUT2D eigenvalue weighted by atomic mass is 10.1. The molecule has 0 radical (unpaired) electrons. The van der Waals surface area contributed by atoms with Crippen LogP contribution < -0.4 is 0 Å². The molecule has 82 valence electrons. The number of carbonyl (C=O) groups is 1. The van der Waals surface area contributed by atoms with E-state index in [1.54, 1.807) is 0 Å². The Balaban J connectivity index is 1.95. The first kappa shape index (κ1) is 11.1. The minimum absolute atomic E-state index is 0.156. The van der Waals surface area contributed by atoms with Gasteiger partial charge in [0.05, 0.1) is 11.1 Å². The minimum Gasteiger partial charge on any atom is -0.367 e. The summed E-state index contributed by atoms with van der Waals surface area (Å²) >= 11 is 7.47. The second kappa shape index (κ2) is 4.64. The van der Waals surface area contributed by atoms with Gasteiger partial charge in [-0.2, -0.15) is 0 Å². The van der Waals surface area contributed by atoms with E-state index < -0.39 is 0 Å². The molecule has 1 aromatic rings. The van der Waals surface area contributed by atoms with Crippen LogP contribution in [0.2, 0.25) is 5.02 Å². The van der Waals surface area contributed by atoms with Crippen molar-refractivity contribution >= 4 is 28.7 Å². The lowest BCUT2D eigenvalue weighted by molar-refractivity contribution is -0.128. The Morgan fingerprint density at radius 1 is 1.67 bits per heavy atom. The maximum absolute atomic E-state index is 11.8. The molecule has 1 aliphatic rings. The van der Waals surface area contributed by atoms with Crippen molar-refractivity contribution in [2.75, 3.05) is 0 Å². The molecule has 15 heavy (non-hydrogen) atoms. The normalized spacial score (nSPS) is 25.7.